The van der Waals surface area contributed by atoms with Crippen LogP contribution in [0.3, 0.4) is 0 Å². The molecular formula is C78H78. The van der Waals surface area contributed by atoms with E-state index in [9.17, 15) is 0 Å². The molecule has 0 spiro atoms. The zero-order valence-corrected chi connectivity index (χ0v) is 50.4. The van der Waals surface area contributed by atoms with Crippen molar-refractivity contribution in [2.24, 2.45) is 0 Å². The molecule has 0 N–H and O–H groups in total. The van der Waals surface area contributed by atoms with Gasteiger partial charge in [0.25, 0.3) is 0 Å². The molecule has 0 radical (unpaired) electrons. The van der Waals surface area contributed by atoms with Crippen LogP contribution in [0.4, 0.5) is 0 Å². The first-order valence-electron chi connectivity index (χ1n) is 28.5. The quantitative estimate of drug-likeness (QED) is 0.146. The van der Waals surface area contributed by atoms with Crippen molar-refractivity contribution in [3.63, 3.8) is 0 Å². The van der Waals surface area contributed by atoms with E-state index in [1.54, 1.807) is 0 Å². The Kier molecular flexibility index (Phi) is 12.9. The number of fused-ring (bicyclic) bond motifs is 4. The molecule has 390 valence electrons. The lowest BCUT2D eigenvalue weighted by Gasteiger charge is -2.26. The van der Waals surface area contributed by atoms with E-state index in [-0.39, 0.29) is 0 Å². The van der Waals surface area contributed by atoms with Crippen molar-refractivity contribution in [1.82, 2.24) is 0 Å². The standard InChI is InChI=1S/C78H78/c1-39-43(5)51(13)71(52(14)44(39)6)75-63-25-21-23-27-65(63)77(73-55(17)47(9)41(3)48(10)56(73)18)69-37-61(33-35-67(69)75)59-29-31-60(32-30-59)62-34-36-68-70(38-62)78(74-57(19)49(11)42(4)50(12)58(74)20)66-28-24-22-26-64(66)76(68)72-53(15)45(7)40(2)46(8)54(72)16/h21-38H,1-20H3. The topological polar surface area (TPSA) is 0 Å². The minimum atomic E-state index is 1.21. The molecule has 0 aliphatic carbocycles. The second kappa shape index (κ2) is 19.1. The van der Waals surface area contributed by atoms with Crippen molar-refractivity contribution in [1.29, 1.82) is 0 Å². The molecule has 0 saturated heterocycles. The van der Waals surface area contributed by atoms with Gasteiger partial charge in [0.1, 0.15) is 0 Å². The zero-order chi connectivity index (χ0) is 55.8. The maximum Gasteiger partial charge on any atom is -0.00206 e. The molecule has 0 bridgehead atoms. The maximum atomic E-state index is 2.52. The van der Waals surface area contributed by atoms with Crippen LogP contribution in [0.5, 0.6) is 0 Å². The van der Waals surface area contributed by atoms with Gasteiger partial charge in [-0.25, -0.2) is 0 Å². The second-order valence-corrected chi connectivity index (χ2v) is 23.7. The molecular weight excluding hydrogens is 937 g/mol. The van der Waals surface area contributed by atoms with E-state index in [2.05, 4.69) is 248 Å². The van der Waals surface area contributed by atoms with Gasteiger partial charge in [-0.05, 0) is 372 Å². The maximum absolute atomic E-state index is 2.52. The highest BCUT2D eigenvalue weighted by atomic mass is 14.3. The Balaban J connectivity index is 1.17. The molecule has 0 unspecified atom stereocenters. The Morgan fingerprint density at radius 2 is 0.308 bits per heavy atom. The fourth-order valence-corrected chi connectivity index (χ4v) is 14.1. The van der Waals surface area contributed by atoms with Crippen LogP contribution in [0, 0.1) is 138 Å². The van der Waals surface area contributed by atoms with Crippen molar-refractivity contribution >= 4 is 43.1 Å². The average Bonchev–Trinajstić information content (AvgIpc) is 3.63. The lowest BCUT2D eigenvalue weighted by atomic mass is 9.78. The SMILES string of the molecule is Cc1c(C)c(C)c(-c2c3ccccc3c(-c3c(C)c(C)c(C)c(C)c3C)c3cc(-c4ccc(-c5ccc6c(-c7c(C)c(C)c(C)c(C)c7C)c7ccccc7c(-c7c(C)c(C)c(C)c(C)c7C)c6c5)cc4)ccc23)c(C)c1C. The summed E-state index contributed by atoms with van der Waals surface area (Å²) in [6, 6.07) is 42.6. The first-order chi connectivity index (χ1) is 37.1. The van der Waals surface area contributed by atoms with E-state index in [0.717, 1.165) is 0 Å². The zero-order valence-electron chi connectivity index (χ0n) is 50.4. The van der Waals surface area contributed by atoms with Gasteiger partial charge < -0.3 is 0 Å². The van der Waals surface area contributed by atoms with Crippen LogP contribution < -0.4 is 0 Å². The third-order valence-electron chi connectivity index (χ3n) is 20.6. The summed E-state index contributed by atoms with van der Waals surface area (Å²) in [5, 5.41) is 10.4. The molecule has 0 amide bonds. The van der Waals surface area contributed by atoms with Crippen LogP contribution in [-0.4, -0.2) is 0 Å². The van der Waals surface area contributed by atoms with Gasteiger partial charge >= 0.3 is 0 Å². The minimum Gasteiger partial charge on any atom is -0.0616 e. The molecule has 0 fully saturated rings. The third-order valence-corrected chi connectivity index (χ3v) is 20.6. The number of benzene rings is 11. The molecule has 0 nitrogen and oxygen atoms in total. The van der Waals surface area contributed by atoms with Crippen molar-refractivity contribution in [3.05, 3.63) is 220 Å². The van der Waals surface area contributed by atoms with Gasteiger partial charge in [0.05, 0.1) is 0 Å². The van der Waals surface area contributed by atoms with Crippen LogP contribution in [0.15, 0.2) is 109 Å². The lowest BCUT2D eigenvalue weighted by molar-refractivity contribution is 1.18. The summed E-state index contributed by atoms with van der Waals surface area (Å²) in [7, 11) is 0. The Bertz CT molecular complexity index is 4030. The summed E-state index contributed by atoms with van der Waals surface area (Å²) in [5.41, 5.74) is 43.2. The summed E-state index contributed by atoms with van der Waals surface area (Å²) in [6.45, 7) is 46.4. The second-order valence-electron chi connectivity index (χ2n) is 23.7. The Morgan fingerprint density at radius 1 is 0.141 bits per heavy atom. The van der Waals surface area contributed by atoms with Crippen molar-refractivity contribution < 1.29 is 0 Å². The molecule has 78 heavy (non-hydrogen) atoms. The van der Waals surface area contributed by atoms with Crippen molar-refractivity contribution in [2.45, 2.75) is 138 Å². The van der Waals surface area contributed by atoms with Crippen molar-refractivity contribution in [2.75, 3.05) is 0 Å². The average molecular weight is 1020 g/mol. The first kappa shape index (κ1) is 52.5. The molecule has 0 heterocycles. The number of rotatable bonds is 6. The normalized spacial score (nSPS) is 11.8. The molecule has 0 heteroatoms. The monoisotopic (exact) mass is 1010 g/mol. The minimum absolute atomic E-state index is 1.21. The summed E-state index contributed by atoms with van der Waals surface area (Å²) in [4.78, 5) is 0. The first-order valence-corrected chi connectivity index (χ1v) is 28.5. The van der Waals surface area contributed by atoms with E-state index in [1.807, 2.05) is 0 Å². The Hall–Kier alpha value is -7.54. The predicted octanol–water partition coefficient (Wildman–Crippen LogP) is 22.5. The van der Waals surface area contributed by atoms with Crippen LogP contribution in [0.1, 0.15) is 111 Å². The predicted molar refractivity (Wildman–Crippen MR) is 344 cm³/mol. The largest absolute Gasteiger partial charge is 0.0616 e. The van der Waals surface area contributed by atoms with Gasteiger partial charge in [0.15, 0.2) is 0 Å². The summed E-state index contributed by atoms with van der Waals surface area (Å²) < 4.78 is 0. The van der Waals surface area contributed by atoms with Gasteiger partial charge in [-0.2, -0.15) is 0 Å². The fourth-order valence-electron chi connectivity index (χ4n) is 14.1. The van der Waals surface area contributed by atoms with Crippen LogP contribution in [-0.2, 0) is 0 Å². The Morgan fingerprint density at radius 3 is 0.526 bits per heavy atom. The number of hydrogen-bond acceptors (Lipinski definition) is 0. The molecule has 11 aromatic rings. The lowest BCUT2D eigenvalue weighted by Crippen LogP contribution is -2.03. The summed E-state index contributed by atoms with van der Waals surface area (Å²) in [5.74, 6) is 0. The smallest absolute Gasteiger partial charge is 0.00206 e. The highest BCUT2D eigenvalue weighted by molar-refractivity contribution is 6.25. The highest BCUT2D eigenvalue weighted by Gasteiger charge is 2.27. The van der Waals surface area contributed by atoms with Crippen LogP contribution in [0.25, 0.3) is 110 Å². The molecule has 11 rings (SSSR count). The summed E-state index contributed by atoms with van der Waals surface area (Å²) in [6.07, 6.45) is 0. The van der Waals surface area contributed by atoms with Crippen molar-refractivity contribution in [3.8, 4) is 66.8 Å². The van der Waals surface area contributed by atoms with E-state index >= 15 is 0 Å². The fraction of sp³-hybridized carbons (Fsp3) is 0.256. The summed E-state index contributed by atoms with van der Waals surface area (Å²) >= 11 is 0. The van der Waals surface area contributed by atoms with Crippen LogP contribution >= 0.6 is 0 Å². The third kappa shape index (κ3) is 7.60. The highest BCUT2D eigenvalue weighted by Crippen LogP contribution is 2.52. The molecule has 11 aromatic carbocycles. The van der Waals surface area contributed by atoms with Gasteiger partial charge in [-0.3, -0.25) is 0 Å². The van der Waals surface area contributed by atoms with Crippen LogP contribution in [0.2, 0.25) is 0 Å². The number of hydrogen-bond donors (Lipinski definition) is 0. The molecule has 0 aliphatic heterocycles. The molecule has 0 atom stereocenters. The van der Waals surface area contributed by atoms with E-state index < -0.39 is 0 Å². The van der Waals surface area contributed by atoms with E-state index in [0.29, 0.717) is 0 Å². The van der Waals surface area contributed by atoms with E-state index in [1.165, 1.54) is 221 Å². The van der Waals surface area contributed by atoms with E-state index in [4.69, 9.17) is 0 Å². The Labute approximate surface area is 466 Å². The van der Waals surface area contributed by atoms with Gasteiger partial charge in [0, 0.05) is 0 Å². The van der Waals surface area contributed by atoms with Gasteiger partial charge in [-0.1, -0.05) is 97.1 Å². The molecule has 0 aromatic heterocycles. The van der Waals surface area contributed by atoms with Gasteiger partial charge in [0.2, 0.25) is 0 Å². The van der Waals surface area contributed by atoms with Gasteiger partial charge in [-0.15, -0.1) is 0 Å². The molecule has 0 aliphatic rings. The molecule has 0 saturated carbocycles.